The van der Waals surface area contributed by atoms with E-state index in [-0.39, 0.29) is 0 Å². The predicted molar refractivity (Wildman–Crippen MR) is 116 cm³/mol. The topological polar surface area (TPSA) is 29.9 Å². The number of hydrogen-bond donors (Lipinski definition) is 0. The number of fused-ring (bicyclic) bond motifs is 3. The molecule has 0 aliphatic carbocycles. The number of furan rings is 1. The summed E-state index contributed by atoms with van der Waals surface area (Å²) in [6.45, 7) is 6.21. The van der Waals surface area contributed by atoms with Crippen molar-refractivity contribution >= 4 is 22.1 Å². The fourth-order valence-electron chi connectivity index (χ4n) is 3.92. The number of pyridine rings is 2. The number of nitrogens with zero attached hydrogens (tertiary/aromatic N) is 2. The van der Waals surface area contributed by atoms with E-state index >= 15 is 0 Å². The summed E-state index contributed by atoms with van der Waals surface area (Å²) in [6.07, 6.45) is 3.32. The minimum atomic E-state index is -2.15. The second-order valence-corrected chi connectivity index (χ2v) is 8.05. The first-order valence-electron chi connectivity index (χ1n) is 11.4. The zero-order valence-corrected chi connectivity index (χ0v) is 17.3. The monoisotopic (exact) mass is 376 g/mol. The molecule has 0 aliphatic rings. The summed E-state index contributed by atoms with van der Waals surface area (Å²) in [5.74, 6) is 0.349. The van der Waals surface area contributed by atoms with Gasteiger partial charge in [0.25, 0.3) is 0 Å². The highest BCUT2D eigenvalue weighted by atomic mass is 16.3. The van der Waals surface area contributed by atoms with Gasteiger partial charge in [-0.3, -0.25) is 0 Å². The molecule has 1 aromatic carbocycles. The number of benzene rings is 1. The van der Waals surface area contributed by atoms with Crippen molar-refractivity contribution in [1.82, 2.24) is 4.98 Å². The van der Waals surface area contributed by atoms with Gasteiger partial charge >= 0.3 is 0 Å². The van der Waals surface area contributed by atoms with Crippen molar-refractivity contribution in [2.24, 2.45) is 13.0 Å². The highest BCUT2D eigenvalue weighted by Gasteiger charge is 2.22. The maximum absolute atomic E-state index is 8.01. The van der Waals surface area contributed by atoms with Crippen LogP contribution in [0.2, 0.25) is 0 Å². The molecule has 0 amide bonds. The molecule has 0 fully saturated rings. The molecule has 28 heavy (non-hydrogen) atoms. The average Bonchev–Trinajstić information content (AvgIpc) is 3.05. The molecule has 4 rings (SSSR count). The molecular weight excluding hydrogens is 344 g/mol. The predicted octanol–water partition coefficient (Wildman–Crippen LogP) is 5.85. The molecule has 3 aromatic heterocycles. The van der Waals surface area contributed by atoms with Crippen LogP contribution in [0.25, 0.3) is 33.3 Å². The van der Waals surface area contributed by atoms with E-state index in [2.05, 4.69) is 50.9 Å². The molecule has 3 heteroatoms. The number of aryl methyl sites for hydroxylation is 4. The first-order chi connectivity index (χ1) is 14.6. The maximum Gasteiger partial charge on any atom is 0.227 e. The van der Waals surface area contributed by atoms with E-state index in [1.165, 1.54) is 0 Å². The van der Waals surface area contributed by atoms with Gasteiger partial charge in [0.05, 0.1) is 5.56 Å². The van der Waals surface area contributed by atoms with Gasteiger partial charge in [-0.25, -0.2) is 9.55 Å². The summed E-state index contributed by atoms with van der Waals surface area (Å²) in [5, 5.41) is 2.02. The van der Waals surface area contributed by atoms with Crippen molar-refractivity contribution in [3.05, 3.63) is 58.9 Å². The first-order valence-corrected chi connectivity index (χ1v) is 9.95. The minimum Gasteiger partial charge on any atom is -0.437 e. The van der Waals surface area contributed by atoms with Gasteiger partial charge in [-0.1, -0.05) is 32.9 Å². The standard InChI is InChI=1S/C25H29N2O/c1-7-19-9-11-21-20-10-8-16(4)23(24(20)28-25(21)26-19)22-13-18(12-15(2)3)17(5)14-27(22)6/h8-11,13-15H,7,12H2,1-6H3/q+1/i5D3. The van der Waals surface area contributed by atoms with Crippen molar-refractivity contribution in [3.63, 3.8) is 0 Å². The fraction of sp³-hybridized carbons (Fsp3) is 0.360. The van der Waals surface area contributed by atoms with E-state index in [1.807, 2.05) is 23.7 Å². The molecule has 4 aromatic rings. The smallest absolute Gasteiger partial charge is 0.227 e. The molecule has 0 atom stereocenters. The van der Waals surface area contributed by atoms with Crippen LogP contribution < -0.4 is 4.57 Å². The molecule has 0 unspecified atom stereocenters. The Morgan fingerprint density at radius 2 is 1.93 bits per heavy atom. The van der Waals surface area contributed by atoms with Gasteiger partial charge < -0.3 is 4.42 Å². The van der Waals surface area contributed by atoms with E-state index in [0.717, 1.165) is 50.9 Å². The highest BCUT2D eigenvalue weighted by molar-refractivity contribution is 6.08. The SMILES string of the molecule is [2H]C([2H])([2H])c1c[n+](C)c(-c2c(C)ccc3c2oc2nc(CC)ccc23)cc1CC(C)C. The highest BCUT2D eigenvalue weighted by Crippen LogP contribution is 2.36. The van der Waals surface area contributed by atoms with Crippen molar-refractivity contribution in [1.29, 1.82) is 0 Å². The molecule has 0 saturated carbocycles. The largest absolute Gasteiger partial charge is 0.437 e. The summed E-state index contributed by atoms with van der Waals surface area (Å²) in [4.78, 5) is 4.67. The Bertz CT molecular complexity index is 1290. The third-order valence-electron chi connectivity index (χ3n) is 5.38. The van der Waals surface area contributed by atoms with E-state index in [9.17, 15) is 0 Å². The van der Waals surface area contributed by atoms with Crippen LogP contribution in [0.3, 0.4) is 0 Å². The number of aromatic nitrogens is 2. The second-order valence-electron chi connectivity index (χ2n) is 8.05. The van der Waals surface area contributed by atoms with Gasteiger partial charge in [0.15, 0.2) is 11.8 Å². The van der Waals surface area contributed by atoms with Crippen LogP contribution in [-0.4, -0.2) is 4.98 Å². The van der Waals surface area contributed by atoms with Gasteiger partial charge in [0.1, 0.15) is 7.05 Å². The van der Waals surface area contributed by atoms with Gasteiger partial charge in [-0.15, -0.1) is 0 Å². The lowest BCUT2D eigenvalue weighted by atomic mass is 9.95. The number of hydrogen-bond acceptors (Lipinski definition) is 2. The Balaban J connectivity index is 2.03. The molecule has 144 valence electrons. The quantitative estimate of drug-likeness (QED) is 0.418. The molecule has 0 spiro atoms. The Labute approximate surface area is 171 Å². The van der Waals surface area contributed by atoms with Crippen molar-refractivity contribution in [3.8, 4) is 11.3 Å². The summed E-state index contributed by atoms with van der Waals surface area (Å²) >= 11 is 0. The molecule has 3 nitrogen and oxygen atoms in total. The van der Waals surface area contributed by atoms with Gasteiger partial charge in [-0.05, 0) is 55.8 Å². The zero-order valence-electron chi connectivity index (χ0n) is 20.3. The summed E-state index contributed by atoms with van der Waals surface area (Å²) < 4.78 is 32.2. The molecule has 0 radical (unpaired) electrons. The van der Waals surface area contributed by atoms with E-state index in [0.29, 0.717) is 23.6 Å². The van der Waals surface area contributed by atoms with Gasteiger partial charge in [0, 0.05) is 32.2 Å². The molecule has 0 bridgehead atoms. The summed E-state index contributed by atoms with van der Waals surface area (Å²) in [7, 11) is 1.90. The first kappa shape index (κ1) is 15.3. The van der Waals surface area contributed by atoms with Gasteiger partial charge in [0.2, 0.25) is 11.4 Å². The fourth-order valence-corrected chi connectivity index (χ4v) is 3.92. The third kappa shape index (κ3) is 3.09. The summed E-state index contributed by atoms with van der Waals surface area (Å²) in [6, 6.07) is 10.3. The Kier molecular flexibility index (Phi) is 3.84. The van der Waals surface area contributed by atoms with Crippen LogP contribution >= 0.6 is 0 Å². The van der Waals surface area contributed by atoms with Crippen LogP contribution in [-0.2, 0) is 19.9 Å². The normalized spacial score (nSPS) is 13.9. The van der Waals surface area contributed by atoms with E-state index in [1.54, 1.807) is 6.20 Å². The van der Waals surface area contributed by atoms with Crippen molar-refractivity contribution in [2.45, 2.75) is 47.4 Å². The lowest BCUT2D eigenvalue weighted by molar-refractivity contribution is -0.660. The van der Waals surface area contributed by atoms with E-state index < -0.39 is 6.85 Å². The minimum absolute atomic E-state index is 0.349. The Morgan fingerprint density at radius 3 is 2.64 bits per heavy atom. The van der Waals surface area contributed by atoms with Crippen molar-refractivity contribution in [2.75, 3.05) is 0 Å². The van der Waals surface area contributed by atoms with Crippen LogP contribution in [0.4, 0.5) is 0 Å². The molecule has 3 heterocycles. The molecular formula is C25H29N2O+. The number of rotatable bonds is 4. The molecule has 0 aliphatic heterocycles. The second kappa shape index (κ2) is 7.05. The van der Waals surface area contributed by atoms with Crippen LogP contribution in [0.5, 0.6) is 0 Å². The zero-order chi connectivity index (χ0) is 22.5. The molecule has 0 saturated heterocycles. The van der Waals surface area contributed by atoms with Crippen LogP contribution in [0.1, 0.15) is 47.3 Å². The maximum atomic E-state index is 8.01. The van der Waals surface area contributed by atoms with Crippen LogP contribution in [0, 0.1) is 19.7 Å². The summed E-state index contributed by atoms with van der Waals surface area (Å²) in [5.41, 5.74) is 6.72. The van der Waals surface area contributed by atoms with Crippen LogP contribution in [0.15, 0.2) is 40.9 Å². The molecule has 0 N–H and O–H groups in total. The average molecular weight is 377 g/mol. The lowest BCUT2D eigenvalue weighted by Gasteiger charge is -2.11. The lowest BCUT2D eigenvalue weighted by Crippen LogP contribution is -2.32. The third-order valence-corrected chi connectivity index (χ3v) is 5.38. The Morgan fingerprint density at radius 1 is 1.14 bits per heavy atom. The Hall–Kier alpha value is -2.68. The van der Waals surface area contributed by atoms with Gasteiger partial charge in [-0.2, -0.15) is 0 Å². The van der Waals surface area contributed by atoms with Crippen molar-refractivity contribution < 1.29 is 13.1 Å². The van der Waals surface area contributed by atoms with E-state index in [4.69, 9.17) is 8.53 Å².